The maximum Gasteiger partial charge on any atom is 0.296 e. The number of carbonyl (C=O) groups excluding carboxylic acids is 1. The van der Waals surface area contributed by atoms with Crippen molar-refractivity contribution in [3.05, 3.63) is 53.4 Å². The van der Waals surface area contributed by atoms with Crippen molar-refractivity contribution in [2.45, 2.75) is 13.1 Å². The summed E-state index contributed by atoms with van der Waals surface area (Å²) < 4.78 is 5.36. The van der Waals surface area contributed by atoms with Gasteiger partial charge in [-0.25, -0.2) is 0 Å². The molecule has 0 N–H and O–H groups in total. The minimum absolute atomic E-state index is 0.375. The van der Waals surface area contributed by atoms with Crippen molar-refractivity contribution in [1.29, 1.82) is 0 Å². The van der Waals surface area contributed by atoms with Gasteiger partial charge in [0, 0.05) is 18.7 Å². The van der Waals surface area contributed by atoms with Gasteiger partial charge >= 0.3 is 0 Å². The second kappa shape index (κ2) is 4.35. The fourth-order valence-corrected chi connectivity index (χ4v) is 2.41. The molecule has 1 amide bonds. The summed E-state index contributed by atoms with van der Waals surface area (Å²) in [6.07, 6.45) is 1.59. The fraction of sp³-hybridized carbons (Fsp3) is 0.214. The van der Waals surface area contributed by atoms with Gasteiger partial charge in [-0.05, 0) is 11.6 Å². The number of benzene rings is 1. The van der Waals surface area contributed by atoms with Crippen LogP contribution in [0.4, 0.5) is 0 Å². The Balaban J connectivity index is 1.92. The summed E-state index contributed by atoms with van der Waals surface area (Å²) >= 11 is 0. The SMILES string of the molecule is C=C1C(=O)N=NC=C1N1Cc2cccc(OC)c2C1. The maximum atomic E-state index is 11.5. The van der Waals surface area contributed by atoms with Crippen LogP contribution in [0.3, 0.4) is 0 Å². The molecule has 2 aliphatic rings. The normalized spacial score (nSPS) is 17.5. The molecule has 5 heteroatoms. The van der Waals surface area contributed by atoms with Gasteiger partial charge in [0.05, 0.1) is 24.6 Å². The average molecular weight is 255 g/mol. The first kappa shape index (κ1) is 11.6. The summed E-state index contributed by atoms with van der Waals surface area (Å²) in [6.45, 7) is 5.19. The van der Waals surface area contributed by atoms with Crippen molar-refractivity contribution in [2.75, 3.05) is 7.11 Å². The van der Waals surface area contributed by atoms with Gasteiger partial charge in [-0.1, -0.05) is 18.7 Å². The number of hydrogen-bond donors (Lipinski definition) is 0. The number of azo groups is 1. The Labute approximate surface area is 110 Å². The summed E-state index contributed by atoms with van der Waals surface area (Å²) in [4.78, 5) is 13.6. The molecule has 0 atom stereocenters. The van der Waals surface area contributed by atoms with Gasteiger partial charge in [-0.15, -0.1) is 5.11 Å². The van der Waals surface area contributed by atoms with E-state index >= 15 is 0 Å². The number of hydrogen-bond acceptors (Lipinski definition) is 4. The summed E-state index contributed by atoms with van der Waals surface area (Å²) in [7, 11) is 1.66. The van der Waals surface area contributed by atoms with E-state index in [9.17, 15) is 4.79 Å². The lowest BCUT2D eigenvalue weighted by Gasteiger charge is -2.22. The number of fused-ring (bicyclic) bond motifs is 1. The molecule has 0 fully saturated rings. The molecule has 0 saturated carbocycles. The molecule has 2 heterocycles. The van der Waals surface area contributed by atoms with E-state index in [0.717, 1.165) is 23.6 Å². The summed E-state index contributed by atoms with van der Waals surface area (Å²) in [5.74, 6) is 0.496. The molecule has 0 aliphatic carbocycles. The monoisotopic (exact) mass is 255 g/mol. The molecular formula is C14H13N3O2. The van der Waals surface area contributed by atoms with Gasteiger partial charge in [0.1, 0.15) is 5.75 Å². The van der Waals surface area contributed by atoms with E-state index in [1.165, 1.54) is 5.56 Å². The van der Waals surface area contributed by atoms with Crippen LogP contribution >= 0.6 is 0 Å². The van der Waals surface area contributed by atoms with E-state index < -0.39 is 0 Å². The number of carbonyl (C=O) groups is 1. The van der Waals surface area contributed by atoms with Crippen LogP contribution in [0, 0.1) is 0 Å². The Morgan fingerprint density at radius 2 is 2.21 bits per heavy atom. The van der Waals surface area contributed by atoms with E-state index in [-0.39, 0.29) is 5.91 Å². The van der Waals surface area contributed by atoms with E-state index in [4.69, 9.17) is 4.74 Å². The van der Waals surface area contributed by atoms with Crippen LogP contribution in [0.2, 0.25) is 0 Å². The predicted molar refractivity (Wildman–Crippen MR) is 69.3 cm³/mol. The molecule has 0 saturated heterocycles. The Bertz CT molecular complexity index is 632. The highest BCUT2D eigenvalue weighted by Gasteiger charge is 2.28. The third-order valence-corrected chi connectivity index (χ3v) is 3.40. The van der Waals surface area contributed by atoms with E-state index in [1.807, 2.05) is 12.1 Å². The van der Waals surface area contributed by atoms with Crippen molar-refractivity contribution >= 4 is 5.91 Å². The quantitative estimate of drug-likeness (QED) is 0.762. The zero-order chi connectivity index (χ0) is 13.4. The standard InChI is InChI=1S/C14H13N3O2/c1-9-12(6-15-16-14(9)18)17-7-10-4-3-5-13(19-2)11(10)8-17/h3-6H,1,7-8H2,2H3. The van der Waals surface area contributed by atoms with Crippen LogP contribution in [0.1, 0.15) is 11.1 Å². The Hall–Kier alpha value is -2.43. The first-order chi connectivity index (χ1) is 9.20. The topological polar surface area (TPSA) is 54.3 Å². The first-order valence-electron chi connectivity index (χ1n) is 5.95. The molecule has 96 valence electrons. The predicted octanol–water partition coefficient (Wildman–Crippen LogP) is 2.40. The van der Waals surface area contributed by atoms with Crippen LogP contribution in [0.15, 0.2) is 52.5 Å². The number of methoxy groups -OCH3 is 1. The summed E-state index contributed by atoms with van der Waals surface area (Å²) in [5, 5.41) is 7.19. The minimum Gasteiger partial charge on any atom is -0.496 e. The second-order valence-electron chi connectivity index (χ2n) is 4.47. The maximum absolute atomic E-state index is 11.5. The molecule has 19 heavy (non-hydrogen) atoms. The third kappa shape index (κ3) is 1.83. The summed E-state index contributed by atoms with van der Waals surface area (Å²) in [5.41, 5.74) is 3.47. The van der Waals surface area contributed by atoms with Crippen LogP contribution in [-0.2, 0) is 17.9 Å². The highest BCUT2D eigenvalue weighted by molar-refractivity contribution is 5.98. The van der Waals surface area contributed by atoms with Crippen molar-refractivity contribution < 1.29 is 9.53 Å². The molecule has 1 aromatic carbocycles. The Morgan fingerprint density at radius 1 is 1.37 bits per heavy atom. The second-order valence-corrected chi connectivity index (χ2v) is 4.47. The van der Waals surface area contributed by atoms with Crippen molar-refractivity contribution in [3.63, 3.8) is 0 Å². The molecule has 0 bridgehead atoms. The van der Waals surface area contributed by atoms with Crippen LogP contribution in [-0.4, -0.2) is 17.9 Å². The zero-order valence-corrected chi connectivity index (χ0v) is 10.6. The van der Waals surface area contributed by atoms with Crippen molar-refractivity contribution in [1.82, 2.24) is 4.90 Å². The van der Waals surface area contributed by atoms with Crippen molar-refractivity contribution in [2.24, 2.45) is 10.2 Å². The van der Waals surface area contributed by atoms with Crippen LogP contribution in [0.5, 0.6) is 5.75 Å². The molecule has 0 aromatic heterocycles. The summed E-state index contributed by atoms with van der Waals surface area (Å²) in [6, 6.07) is 5.97. The fourth-order valence-electron chi connectivity index (χ4n) is 2.41. The lowest BCUT2D eigenvalue weighted by molar-refractivity contribution is -0.114. The Morgan fingerprint density at radius 3 is 3.00 bits per heavy atom. The van der Waals surface area contributed by atoms with Crippen LogP contribution in [0.25, 0.3) is 0 Å². The Kier molecular flexibility index (Phi) is 2.67. The number of nitrogens with zero attached hydrogens (tertiary/aromatic N) is 3. The van der Waals surface area contributed by atoms with E-state index in [0.29, 0.717) is 12.1 Å². The lowest BCUT2D eigenvalue weighted by Crippen LogP contribution is -2.21. The van der Waals surface area contributed by atoms with Crippen LogP contribution < -0.4 is 4.74 Å². The first-order valence-corrected chi connectivity index (χ1v) is 5.95. The number of ether oxygens (including phenoxy) is 1. The highest BCUT2D eigenvalue weighted by Crippen LogP contribution is 2.35. The zero-order valence-electron chi connectivity index (χ0n) is 10.6. The average Bonchev–Trinajstić information content (AvgIpc) is 2.85. The molecule has 0 radical (unpaired) electrons. The molecule has 1 aromatic rings. The third-order valence-electron chi connectivity index (χ3n) is 3.40. The smallest absolute Gasteiger partial charge is 0.296 e. The largest absolute Gasteiger partial charge is 0.496 e. The molecular weight excluding hydrogens is 242 g/mol. The number of amides is 1. The van der Waals surface area contributed by atoms with Gasteiger partial charge < -0.3 is 9.64 Å². The van der Waals surface area contributed by atoms with Gasteiger partial charge in [-0.3, -0.25) is 4.79 Å². The van der Waals surface area contributed by atoms with Gasteiger partial charge in [0.15, 0.2) is 0 Å². The van der Waals surface area contributed by atoms with E-state index in [2.05, 4.69) is 27.8 Å². The lowest BCUT2D eigenvalue weighted by atomic mass is 10.1. The number of rotatable bonds is 2. The highest BCUT2D eigenvalue weighted by atomic mass is 16.5. The molecule has 5 nitrogen and oxygen atoms in total. The van der Waals surface area contributed by atoms with E-state index in [1.54, 1.807) is 13.3 Å². The molecule has 3 rings (SSSR count). The molecule has 0 unspecified atom stereocenters. The van der Waals surface area contributed by atoms with Gasteiger partial charge in [0.2, 0.25) is 0 Å². The van der Waals surface area contributed by atoms with Gasteiger partial charge in [0.25, 0.3) is 5.91 Å². The molecule has 2 aliphatic heterocycles. The minimum atomic E-state index is -0.375. The van der Waals surface area contributed by atoms with Gasteiger partial charge in [-0.2, -0.15) is 5.11 Å². The van der Waals surface area contributed by atoms with Crippen molar-refractivity contribution in [3.8, 4) is 5.75 Å². The molecule has 0 spiro atoms.